The second-order valence-corrected chi connectivity index (χ2v) is 3.72. The molecule has 0 aliphatic heterocycles. The molecule has 0 aromatic heterocycles. The van der Waals surface area contributed by atoms with Crippen LogP contribution in [0.3, 0.4) is 0 Å². The monoisotopic (exact) mass is 273 g/mol. The van der Waals surface area contributed by atoms with Crippen LogP contribution in [0.5, 0.6) is 0 Å². The molecule has 1 rings (SSSR count). The molecule has 0 saturated heterocycles. The first kappa shape index (κ1) is 17.2. The summed E-state index contributed by atoms with van der Waals surface area (Å²) in [5, 5.41) is 0. The molecular formula is C7B7O7+. The molecule has 1 aromatic rings. The fraction of sp³-hybridized carbons (Fsp3) is 0. The van der Waals surface area contributed by atoms with Crippen molar-refractivity contribution in [1.82, 2.24) is 0 Å². The number of hydrogen-bond donors (Lipinski definition) is 0. The molecule has 0 heterocycles. The van der Waals surface area contributed by atoms with Gasteiger partial charge in [0, 0.05) is 0 Å². The maximum atomic E-state index is 11.1. The zero-order valence-electron chi connectivity index (χ0n) is 10.4. The minimum atomic E-state index is -0.541. The van der Waals surface area contributed by atoms with Crippen LogP contribution in [0.2, 0.25) is 0 Å². The van der Waals surface area contributed by atoms with Gasteiger partial charge in [0.25, 0.3) is 0 Å². The molecule has 21 heavy (non-hydrogen) atoms. The Bertz CT molecular complexity index is 516. The molecule has 0 fully saturated rings. The van der Waals surface area contributed by atoms with Gasteiger partial charge in [-0.25, -0.2) is 0 Å². The van der Waals surface area contributed by atoms with Gasteiger partial charge in [-0.15, -0.1) is 0 Å². The molecule has 0 unspecified atom stereocenters. The van der Waals surface area contributed by atoms with Crippen molar-refractivity contribution in [3.05, 3.63) is 0 Å². The van der Waals surface area contributed by atoms with Crippen molar-refractivity contribution in [2.75, 3.05) is 0 Å². The van der Waals surface area contributed by atoms with Gasteiger partial charge in [-0.3, -0.25) is 0 Å². The van der Waals surface area contributed by atoms with Gasteiger partial charge < -0.3 is 0 Å². The van der Waals surface area contributed by atoms with Gasteiger partial charge in [-0.1, -0.05) is 0 Å². The Morgan fingerprint density at radius 3 is 1.00 bits per heavy atom. The van der Waals surface area contributed by atoms with Crippen LogP contribution in [0.4, 0.5) is 0 Å². The van der Waals surface area contributed by atoms with Gasteiger partial charge in [-0.05, 0) is 0 Å². The third-order valence-corrected chi connectivity index (χ3v) is 2.86. The Morgan fingerprint density at radius 1 is 0.476 bits per heavy atom. The minimum absolute atomic E-state index is 0.0939. The zero-order valence-corrected chi connectivity index (χ0v) is 10.4. The fourth-order valence-electron chi connectivity index (χ4n) is 1.90. The average molecular weight is 272 g/mol. The van der Waals surface area contributed by atoms with Gasteiger partial charge >= 0.3 is 121 Å². The zero-order chi connectivity index (χ0) is 16.0. The van der Waals surface area contributed by atoms with E-state index in [-0.39, 0.29) is 50.0 Å². The fourth-order valence-corrected chi connectivity index (χ4v) is 1.90. The summed E-state index contributed by atoms with van der Waals surface area (Å²) in [5.41, 5.74) is -3.79. The number of hydrogen-bond acceptors (Lipinski definition) is 7. The van der Waals surface area contributed by atoms with E-state index in [1.165, 1.54) is 0 Å². The molecule has 0 radical (unpaired) electrons. The van der Waals surface area contributed by atoms with Crippen molar-refractivity contribution in [2.24, 2.45) is 0 Å². The second-order valence-electron chi connectivity index (χ2n) is 3.72. The molecule has 1 aromatic carbocycles. The van der Waals surface area contributed by atoms with E-state index in [0.29, 0.717) is 0 Å². The van der Waals surface area contributed by atoms with Crippen molar-refractivity contribution in [1.29, 1.82) is 0 Å². The van der Waals surface area contributed by atoms with Crippen molar-refractivity contribution in [3.8, 4) is 0 Å². The molecule has 14 heteroatoms. The Balaban J connectivity index is 4.43. The van der Waals surface area contributed by atoms with E-state index in [1.54, 1.807) is 0 Å². The summed E-state index contributed by atoms with van der Waals surface area (Å²) in [4.78, 5) is 0. The first-order chi connectivity index (χ1) is 10.1. The van der Waals surface area contributed by atoms with Crippen molar-refractivity contribution >= 4 is 88.3 Å². The van der Waals surface area contributed by atoms with Crippen LogP contribution in [-0.2, 0) is 32.9 Å². The molecule has 0 spiro atoms. The summed E-state index contributed by atoms with van der Waals surface area (Å²) >= 11 is 0. The Labute approximate surface area is 122 Å². The van der Waals surface area contributed by atoms with Gasteiger partial charge in [-0.2, -0.15) is 0 Å². The quantitative estimate of drug-likeness (QED) is 0.357. The van der Waals surface area contributed by atoms with Crippen LogP contribution in [0.15, 0.2) is 0 Å². The van der Waals surface area contributed by atoms with Crippen LogP contribution >= 0.6 is 0 Å². The summed E-state index contributed by atoms with van der Waals surface area (Å²) in [6.45, 7) is 0. The molecular weight excluding hydrogens is 272 g/mol. The van der Waals surface area contributed by atoms with E-state index in [9.17, 15) is 32.9 Å². The van der Waals surface area contributed by atoms with E-state index in [0.717, 1.165) is 0 Å². The van der Waals surface area contributed by atoms with Crippen LogP contribution in [0.1, 0.15) is 0 Å². The third kappa shape index (κ3) is 2.93. The third-order valence-electron chi connectivity index (χ3n) is 2.86. The first-order valence-corrected chi connectivity index (χ1v) is 5.42. The second kappa shape index (κ2) is 7.80. The van der Waals surface area contributed by atoms with Crippen LogP contribution < -0.4 is 38.2 Å². The molecule has 7 nitrogen and oxygen atoms in total. The van der Waals surface area contributed by atoms with E-state index in [1.807, 2.05) is 0 Å². The molecule has 0 saturated carbocycles. The van der Waals surface area contributed by atoms with E-state index < -0.39 is 38.2 Å². The Hall–Kier alpha value is -1.86. The van der Waals surface area contributed by atoms with Crippen molar-refractivity contribution < 1.29 is 32.9 Å². The maximum absolute atomic E-state index is 11.1. The van der Waals surface area contributed by atoms with E-state index in [2.05, 4.69) is 0 Å². The molecule has 0 N–H and O–H groups in total. The van der Waals surface area contributed by atoms with Crippen molar-refractivity contribution in [3.63, 3.8) is 0 Å². The van der Waals surface area contributed by atoms with E-state index >= 15 is 0 Å². The summed E-state index contributed by atoms with van der Waals surface area (Å²) in [5.74, 6) is 0. The van der Waals surface area contributed by atoms with Gasteiger partial charge in [0.2, 0.25) is 0 Å². The SMILES string of the molecule is O=Bc1c(B=O)c(B=O)c(B=O)[c+](B=O)c(B=O)c1B=O. The van der Waals surface area contributed by atoms with E-state index in [4.69, 9.17) is 0 Å². The van der Waals surface area contributed by atoms with Gasteiger partial charge in [0.05, 0.1) is 0 Å². The summed E-state index contributed by atoms with van der Waals surface area (Å²) in [6.07, 6.45) is 0. The summed E-state index contributed by atoms with van der Waals surface area (Å²) in [6, 6.07) is 0. The molecule has 0 aliphatic carbocycles. The standard InChI is InChI=1S/C7B7O7/c15-8-1-2(9-16)4(11-18)6(13-20)7(14-21)5(12-19)3(1)10-17/q+1. The molecule has 0 amide bonds. The molecule has 90 valence electrons. The number of rotatable bonds is 7. The van der Waals surface area contributed by atoms with Gasteiger partial charge in [0.1, 0.15) is 0 Å². The molecule has 0 bridgehead atoms. The average Bonchev–Trinajstić information content (AvgIpc) is 2.63. The summed E-state index contributed by atoms with van der Waals surface area (Å²) < 4.78 is 77.8. The predicted molar refractivity (Wildman–Crippen MR) is 73.4 cm³/mol. The van der Waals surface area contributed by atoms with Crippen LogP contribution in [0.25, 0.3) is 0 Å². The Morgan fingerprint density at radius 2 is 0.810 bits per heavy atom. The van der Waals surface area contributed by atoms with Crippen molar-refractivity contribution in [2.45, 2.75) is 0 Å². The molecule has 0 aliphatic rings. The Kier molecular flexibility index (Phi) is 6.39. The predicted octanol–water partition coefficient (Wildman–Crippen LogP) is -7.31. The van der Waals surface area contributed by atoms with Crippen LogP contribution in [0, 0.1) is 0 Å². The van der Waals surface area contributed by atoms with Crippen LogP contribution in [-0.4, -0.2) is 50.0 Å². The molecule has 0 atom stereocenters. The first-order valence-electron chi connectivity index (χ1n) is 5.42. The topological polar surface area (TPSA) is 119 Å². The van der Waals surface area contributed by atoms with Gasteiger partial charge in [0.15, 0.2) is 0 Å². The normalized spacial score (nSPS) is 8.00. The summed E-state index contributed by atoms with van der Waals surface area (Å²) in [7, 11) is 0.657.